The van der Waals surface area contributed by atoms with Gasteiger partial charge < -0.3 is 4.90 Å². The number of amides is 1. The van der Waals surface area contributed by atoms with E-state index in [1.165, 1.54) is 17.0 Å². The first-order valence-electron chi connectivity index (χ1n) is 9.03. The molecule has 3 rings (SSSR count). The van der Waals surface area contributed by atoms with Crippen LogP contribution in [0.1, 0.15) is 42.6 Å². The van der Waals surface area contributed by atoms with E-state index < -0.39 is 30.1 Å². The topological polar surface area (TPSA) is 20.3 Å². The number of benzene rings is 2. The first-order valence-corrected chi connectivity index (χ1v) is 9.03. The van der Waals surface area contributed by atoms with E-state index in [4.69, 9.17) is 0 Å². The summed E-state index contributed by atoms with van der Waals surface area (Å²) in [5, 5.41) is 0. The third-order valence-corrected chi connectivity index (χ3v) is 4.91. The maximum Gasteiger partial charge on any atom is 0.249 e. The Balaban J connectivity index is 1.65. The largest absolute Gasteiger partial charge is 0.329 e. The number of hydrogen-bond acceptors (Lipinski definition) is 1. The molecule has 1 fully saturated rings. The maximum atomic E-state index is 14.3. The number of alkyl halides is 2. The summed E-state index contributed by atoms with van der Waals surface area (Å²) in [6, 6.07) is 14.0. The van der Waals surface area contributed by atoms with E-state index in [9.17, 15) is 18.0 Å². The molecule has 0 aromatic heterocycles. The van der Waals surface area contributed by atoms with Crippen molar-refractivity contribution in [3.05, 3.63) is 83.7 Å². The highest BCUT2D eigenvalue weighted by Gasteiger charge is 2.37. The van der Waals surface area contributed by atoms with Gasteiger partial charge in [0.05, 0.1) is 12.6 Å². The molecule has 3 unspecified atom stereocenters. The third-order valence-electron chi connectivity index (χ3n) is 4.91. The van der Waals surface area contributed by atoms with Crippen molar-refractivity contribution < 1.29 is 18.0 Å². The monoisotopic (exact) mass is 373 g/mol. The van der Waals surface area contributed by atoms with Gasteiger partial charge in [-0.25, -0.2) is 13.2 Å². The molecule has 0 spiro atoms. The molecule has 1 amide bonds. The maximum absolute atomic E-state index is 14.3. The number of likely N-dealkylation sites (tertiary alicyclic amines) is 1. The molecule has 0 radical (unpaired) electrons. The zero-order valence-electron chi connectivity index (χ0n) is 15.0. The van der Waals surface area contributed by atoms with Gasteiger partial charge in [0.25, 0.3) is 0 Å². The molecule has 1 aliphatic heterocycles. The molecule has 2 aromatic rings. The second kappa shape index (κ2) is 8.42. The van der Waals surface area contributed by atoms with Crippen LogP contribution >= 0.6 is 0 Å². The van der Waals surface area contributed by atoms with Crippen LogP contribution in [0.2, 0.25) is 0 Å². The Hall–Kier alpha value is -2.56. The van der Waals surface area contributed by atoms with E-state index in [1.807, 2.05) is 6.07 Å². The highest BCUT2D eigenvalue weighted by Crippen LogP contribution is 2.35. The van der Waals surface area contributed by atoms with Crippen molar-refractivity contribution in [2.75, 3.05) is 6.54 Å². The van der Waals surface area contributed by atoms with Crippen LogP contribution in [0.5, 0.6) is 0 Å². The molecule has 0 bridgehead atoms. The first-order chi connectivity index (χ1) is 13.0. The lowest BCUT2D eigenvalue weighted by Crippen LogP contribution is -2.32. The van der Waals surface area contributed by atoms with Gasteiger partial charge in [0.2, 0.25) is 5.91 Å². The van der Waals surface area contributed by atoms with Crippen LogP contribution in [0.25, 0.3) is 0 Å². The van der Waals surface area contributed by atoms with Gasteiger partial charge in [0.1, 0.15) is 18.2 Å². The second-order valence-electron chi connectivity index (χ2n) is 6.88. The van der Waals surface area contributed by atoms with E-state index in [-0.39, 0.29) is 31.4 Å². The minimum atomic E-state index is -1.19. The van der Waals surface area contributed by atoms with E-state index >= 15 is 0 Å². The summed E-state index contributed by atoms with van der Waals surface area (Å²) in [4.78, 5) is 14.1. The molecule has 0 N–H and O–H groups in total. The number of carbonyl (C=O) groups is 1. The fourth-order valence-electron chi connectivity index (χ4n) is 3.48. The average molecular weight is 373 g/mol. The van der Waals surface area contributed by atoms with Crippen molar-refractivity contribution in [3.63, 3.8) is 0 Å². The standard InChI is InChI=1S/C22H22F3NO/c1-15(10-11-20(25)16-6-3-2-4-7-16)22(27)26-14-19(24)13-21(26)17-8-5-9-18(23)12-17/h2-9,12,19-21H,1,10-11,13-14H2. The molecular formula is C22H22F3NO. The number of carbonyl (C=O) groups excluding carboxylic acids is 1. The van der Waals surface area contributed by atoms with Crippen LogP contribution in [0.3, 0.4) is 0 Å². The van der Waals surface area contributed by atoms with Gasteiger partial charge in [-0.05, 0) is 36.1 Å². The molecule has 0 saturated carbocycles. The van der Waals surface area contributed by atoms with Gasteiger partial charge in [0.15, 0.2) is 0 Å². The van der Waals surface area contributed by atoms with Crippen molar-refractivity contribution >= 4 is 5.91 Å². The Labute approximate surface area is 157 Å². The molecule has 2 aromatic carbocycles. The zero-order chi connectivity index (χ0) is 19.4. The van der Waals surface area contributed by atoms with Crippen LogP contribution < -0.4 is 0 Å². The Morgan fingerprint density at radius 2 is 1.93 bits per heavy atom. The Kier molecular flexibility index (Phi) is 5.99. The first kappa shape index (κ1) is 19.2. The second-order valence-corrected chi connectivity index (χ2v) is 6.88. The lowest BCUT2D eigenvalue weighted by atomic mass is 10.0. The molecule has 0 aliphatic carbocycles. The SMILES string of the molecule is C=C(CCC(F)c1ccccc1)C(=O)N1CC(F)CC1c1cccc(F)c1. The molecule has 1 aliphatic rings. The molecule has 3 atom stereocenters. The summed E-state index contributed by atoms with van der Waals surface area (Å²) in [5.41, 5.74) is 1.36. The quantitative estimate of drug-likeness (QED) is 0.614. The van der Waals surface area contributed by atoms with Crippen molar-refractivity contribution in [1.82, 2.24) is 4.90 Å². The van der Waals surface area contributed by atoms with Gasteiger partial charge in [0, 0.05) is 12.0 Å². The summed E-state index contributed by atoms with van der Waals surface area (Å²) in [5.74, 6) is -0.825. The predicted molar refractivity (Wildman–Crippen MR) is 99.0 cm³/mol. The van der Waals surface area contributed by atoms with Crippen LogP contribution in [0.15, 0.2) is 66.7 Å². The summed E-state index contributed by atoms with van der Waals surface area (Å²) >= 11 is 0. The fraction of sp³-hybridized carbons (Fsp3) is 0.318. The van der Waals surface area contributed by atoms with Crippen LogP contribution in [-0.2, 0) is 4.79 Å². The predicted octanol–water partition coefficient (Wildman–Crippen LogP) is 5.48. The highest BCUT2D eigenvalue weighted by molar-refractivity contribution is 5.93. The van der Waals surface area contributed by atoms with Gasteiger partial charge in [-0.1, -0.05) is 49.0 Å². The molecular weight excluding hydrogens is 351 g/mol. The van der Waals surface area contributed by atoms with E-state index in [2.05, 4.69) is 6.58 Å². The number of rotatable bonds is 6. The minimum absolute atomic E-state index is 0.0588. The molecule has 2 nitrogen and oxygen atoms in total. The van der Waals surface area contributed by atoms with Crippen LogP contribution in [-0.4, -0.2) is 23.5 Å². The van der Waals surface area contributed by atoms with E-state index in [0.29, 0.717) is 11.1 Å². The smallest absolute Gasteiger partial charge is 0.249 e. The van der Waals surface area contributed by atoms with E-state index in [0.717, 1.165) is 0 Å². The Bertz CT molecular complexity index is 808. The van der Waals surface area contributed by atoms with Crippen molar-refractivity contribution in [2.24, 2.45) is 0 Å². The zero-order valence-corrected chi connectivity index (χ0v) is 15.0. The van der Waals surface area contributed by atoms with Crippen LogP contribution in [0, 0.1) is 5.82 Å². The Morgan fingerprint density at radius 3 is 2.63 bits per heavy atom. The normalized spacial score (nSPS) is 20.5. The van der Waals surface area contributed by atoms with Gasteiger partial charge in [-0.2, -0.15) is 0 Å². The third kappa shape index (κ3) is 4.59. The summed E-state index contributed by atoms with van der Waals surface area (Å²) in [7, 11) is 0. The van der Waals surface area contributed by atoms with Gasteiger partial charge >= 0.3 is 0 Å². The highest BCUT2D eigenvalue weighted by atomic mass is 19.1. The van der Waals surface area contributed by atoms with Crippen molar-refractivity contribution in [3.8, 4) is 0 Å². The number of halogens is 3. The molecule has 5 heteroatoms. The van der Waals surface area contributed by atoms with Crippen LogP contribution in [0.4, 0.5) is 13.2 Å². The fourth-order valence-corrected chi connectivity index (χ4v) is 3.48. The lowest BCUT2D eigenvalue weighted by Gasteiger charge is -2.26. The average Bonchev–Trinajstić information content (AvgIpc) is 3.07. The summed E-state index contributed by atoms with van der Waals surface area (Å²) < 4.78 is 41.8. The van der Waals surface area contributed by atoms with Gasteiger partial charge in [-0.3, -0.25) is 4.79 Å². The Morgan fingerprint density at radius 1 is 1.19 bits per heavy atom. The van der Waals surface area contributed by atoms with Crippen molar-refractivity contribution in [1.29, 1.82) is 0 Å². The summed E-state index contributed by atoms with van der Waals surface area (Å²) in [6.07, 6.45) is -1.93. The number of hydrogen-bond donors (Lipinski definition) is 0. The number of nitrogens with zero attached hydrogens (tertiary/aromatic N) is 1. The lowest BCUT2D eigenvalue weighted by molar-refractivity contribution is -0.128. The molecule has 1 heterocycles. The summed E-state index contributed by atoms with van der Waals surface area (Å²) in [6.45, 7) is 3.72. The van der Waals surface area contributed by atoms with E-state index in [1.54, 1.807) is 36.4 Å². The minimum Gasteiger partial charge on any atom is -0.329 e. The molecule has 27 heavy (non-hydrogen) atoms. The molecule has 1 saturated heterocycles. The van der Waals surface area contributed by atoms with Gasteiger partial charge in [-0.15, -0.1) is 0 Å². The molecule has 142 valence electrons. The van der Waals surface area contributed by atoms with Crippen molar-refractivity contribution in [2.45, 2.75) is 37.6 Å².